The molecule has 0 aliphatic rings. The summed E-state index contributed by atoms with van der Waals surface area (Å²) in [5, 5.41) is 11.1. The topological polar surface area (TPSA) is 133 Å². The van der Waals surface area contributed by atoms with Crippen LogP contribution in [0.3, 0.4) is 0 Å². The molecule has 0 atom stereocenters. The van der Waals surface area contributed by atoms with Gasteiger partial charge in [-0.2, -0.15) is 0 Å². The first-order chi connectivity index (χ1) is 15.2. The second-order valence-corrected chi connectivity index (χ2v) is 8.17. The van der Waals surface area contributed by atoms with E-state index in [1.165, 1.54) is 24.3 Å². The van der Waals surface area contributed by atoms with Crippen LogP contribution in [0.1, 0.15) is 34.1 Å². The first-order valence-corrected chi connectivity index (χ1v) is 10.9. The third kappa shape index (κ3) is 4.26. The number of guanidine groups is 1. The summed E-state index contributed by atoms with van der Waals surface area (Å²) in [6.07, 6.45) is 0. The van der Waals surface area contributed by atoms with Gasteiger partial charge >= 0.3 is 5.97 Å². The summed E-state index contributed by atoms with van der Waals surface area (Å²) in [5.41, 5.74) is 12.5. The number of aromatic nitrogens is 1. The fraction of sp³-hybridized carbons (Fsp3) is 0.190. The average Bonchev–Trinajstić information content (AvgIpc) is 3.02. The third-order valence-corrected chi connectivity index (χ3v) is 6.02. The van der Waals surface area contributed by atoms with Gasteiger partial charge in [0.1, 0.15) is 11.6 Å². The van der Waals surface area contributed by atoms with Crippen molar-refractivity contribution in [1.82, 2.24) is 4.57 Å². The van der Waals surface area contributed by atoms with E-state index in [9.17, 15) is 18.5 Å². The van der Waals surface area contributed by atoms with Crippen molar-refractivity contribution in [2.24, 2.45) is 23.5 Å². The molecule has 8 nitrogen and oxygen atoms in total. The number of aromatic hydroxyl groups is 1. The third-order valence-electron chi connectivity index (χ3n) is 4.82. The van der Waals surface area contributed by atoms with Crippen LogP contribution in [0.5, 0.6) is 5.75 Å². The summed E-state index contributed by atoms with van der Waals surface area (Å²) in [6, 6.07) is 6.98. The number of phenols is 1. The van der Waals surface area contributed by atoms with Gasteiger partial charge in [0.2, 0.25) is 0 Å². The molecule has 2 aromatic carbocycles. The number of nitrogens with two attached hydrogens (primary N) is 2. The monoisotopic (exact) mass is 522 g/mol. The van der Waals surface area contributed by atoms with Crippen LogP contribution in [0.25, 0.3) is 10.9 Å². The fourth-order valence-electron chi connectivity index (χ4n) is 3.45. The molecule has 0 unspecified atom stereocenters. The van der Waals surface area contributed by atoms with Gasteiger partial charge in [0.05, 0.1) is 50.5 Å². The van der Waals surface area contributed by atoms with Crippen LogP contribution in [0.2, 0.25) is 0 Å². The quantitative estimate of drug-likeness (QED) is 0.150. The SMILES string of the molecule is CCOC(=O)c1c(C(=S=O)c2ccc(F)cc2)n(C)c2cc(Br)c(O)c(CN=C(N)N)c12. The Morgan fingerprint density at radius 1 is 1.31 bits per heavy atom. The molecule has 1 aromatic heterocycles. The Morgan fingerprint density at radius 3 is 2.53 bits per heavy atom. The van der Waals surface area contributed by atoms with Crippen LogP contribution in [0, 0.1) is 5.82 Å². The zero-order chi connectivity index (χ0) is 23.6. The summed E-state index contributed by atoms with van der Waals surface area (Å²) in [6.45, 7) is 1.64. The molecular weight excluding hydrogens is 503 g/mol. The zero-order valence-electron chi connectivity index (χ0n) is 17.2. The molecule has 0 aliphatic carbocycles. The molecule has 5 N–H and O–H groups in total. The predicted molar refractivity (Wildman–Crippen MR) is 126 cm³/mol. The maximum absolute atomic E-state index is 13.5. The van der Waals surface area contributed by atoms with E-state index in [0.29, 0.717) is 20.9 Å². The van der Waals surface area contributed by atoms with Gasteiger partial charge in [0, 0.05) is 18.0 Å². The summed E-state index contributed by atoms with van der Waals surface area (Å²) in [4.78, 5) is 17.3. The number of esters is 1. The molecule has 0 bridgehead atoms. The van der Waals surface area contributed by atoms with Gasteiger partial charge in [0.25, 0.3) is 0 Å². The number of nitrogens with zero attached hydrogens (tertiary/aromatic N) is 2. The van der Waals surface area contributed by atoms with E-state index in [0.717, 1.165) is 0 Å². The number of fused-ring (bicyclic) bond motifs is 1. The van der Waals surface area contributed by atoms with Crippen LogP contribution in [-0.4, -0.2) is 37.3 Å². The smallest absolute Gasteiger partial charge is 0.341 e. The highest BCUT2D eigenvalue weighted by molar-refractivity contribution is 9.10. The lowest BCUT2D eigenvalue weighted by Gasteiger charge is -2.10. The lowest BCUT2D eigenvalue weighted by Crippen LogP contribution is -2.22. The number of hydrogen-bond acceptors (Lipinski definition) is 5. The Balaban J connectivity index is 2.47. The molecule has 0 saturated heterocycles. The van der Waals surface area contributed by atoms with Crippen LogP contribution in [-0.2, 0) is 29.6 Å². The van der Waals surface area contributed by atoms with Gasteiger partial charge in [-0.15, -0.1) is 0 Å². The molecule has 11 heteroatoms. The number of halogens is 2. The fourth-order valence-corrected chi connectivity index (χ4v) is 4.45. The molecule has 3 rings (SSSR count). The lowest BCUT2D eigenvalue weighted by molar-refractivity contribution is 0.0528. The number of benzene rings is 2. The Morgan fingerprint density at radius 2 is 1.97 bits per heavy atom. The maximum Gasteiger partial charge on any atom is 0.341 e. The van der Waals surface area contributed by atoms with Crippen molar-refractivity contribution >= 4 is 54.9 Å². The molecule has 0 spiro atoms. The number of rotatable bonds is 6. The summed E-state index contributed by atoms with van der Waals surface area (Å²) in [7, 11) is 1.67. The largest absolute Gasteiger partial charge is 0.506 e. The predicted octanol–water partition coefficient (Wildman–Crippen LogP) is 2.52. The van der Waals surface area contributed by atoms with Crippen molar-refractivity contribution in [1.29, 1.82) is 0 Å². The van der Waals surface area contributed by atoms with E-state index in [4.69, 9.17) is 16.2 Å². The van der Waals surface area contributed by atoms with Gasteiger partial charge in [0.15, 0.2) is 5.96 Å². The number of ether oxygens (including phenoxy) is 1. The summed E-state index contributed by atoms with van der Waals surface area (Å²) >= 11 is 3.48. The minimum atomic E-state index is -0.686. The van der Waals surface area contributed by atoms with Gasteiger partial charge in [-0.3, -0.25) is 0 Å². The minimum Gasteiger partial charge on any atom is -0.506 e. The highest BCUT2D eigenvalue weighted by atomic mass is 79.9. The Kier molecular flexibility index (Phi) is 6.99. The van der Waals surface area contributed by atoms with Crippen molar-refractivity contribution in [2.75, 3.05) is 6.61 Å². The van der Waals surface area contributed by atoms with Gasteiger partial charge < -0.3 is 25.9 Å². The van der Waals surface area contributed by atoms with Gasteiger partial charge in [-0.1, -0.05) is 12.1 Å². The van der Waals surface area contributed by atoms with Crippen molar-refractivity contribution < 1.29 is 23.2 Å². The minimum absolute atomic E-state index is 0.0793. The standard InChI is InChI=1S/C21H20BrFN4O4S/c1-3-31-20(29)16-15-12(9-26-21(24)25)18(28)13(22)8-14(15)27(2)17(16)19(32-30)10-4-6-11(23)7-5-10/h4-8,28H,3,9H2,1-2H3,(H4,24,25,26). The van der Waals surface area contributed by atoms with E-state index in [1.807, 2.05) is 0 Å². The van der Waals surface area contributed by atoms with Crippen molar-refractivity contribution in [2.45, 2.75) is 13.5 Å². The number of aliphatic imine (C=N–C) groups is 1. The van der Waals surface area contributed by atoms with Crippen molar-refractivity contribution in [3.8, 4) is 5.75 Å². The van der Waals surface area contributed by atoms with Crippen LogP contribution < -0.4 is 11.5 Å². The number of hydrogen-bond donors (Lipinski definition) is 3. The Labute approximate surface area is 194 Å². The average molecular weight is 523 g/mol. The Hall–Kier alpha value is -3.18. The number of phenolic OH excluding ortho intramolecular Hbond substituents is 1. The van der Waals surface area contributed by atoms with E-state index in [2.05, 4.69) is 20.9 Å². The first-order valence-electron chi connectivity index (χ1n) is 9.39. The highest BCUT2D eigenvalue weighted by Crippen LogP contribution is 2.40. The normalized spacial score (nSPS) is 10.8. The summed E-state index contributed by atoms with van der Waals surface area (Å²) in [5.74, 6) is -1.49. The van der Waals surface area contributed by atoms with Crippen molar-refractivity contribution in [3.63, 3.8) is 0 Å². The molecule has 1 heterocycles. The Bertz CT molecular complexity index is 1290. The number of carbonyl (C=O) groups is 1. The highest BCUT2D eigenvalue weighted by Gasteiger charge is 2.30. The molecule has 0 saturated carbocycles. The van der Waals surface area contributed by atoms with Crippen molar-refractivity contribution in [3.05, 3.63) is 63.0 Å². The first kappa shape index (κ1) is 23.5. The van der Waals surface area contributed by atoms with E-state index in [1.54, 1.807) is 24.6 Å². The van der Waals surface area contributed by atoms with Crippen LogP contribution >= 0.6 is 15.9 Å². The lowest BCUT2D eigenvalue weighted by atomic mass is 10.0. The van der Waals surface area contributed by atoms with Crippen LogP contribution in [0.4, 0.5) is 4.39 Å². The van der Waals surface area contributed by atoms with Crippen LogP contribution in [0.15, 0.2) is 39.8 Å². The molecule has 0 amide bonds. The molecule has 168 valence electrons. The molecule has 0 fully saturated rings. The molecule has 3 aromatic rings. The van der Waals surface area contributed by atoms with E-state index in [-0.39, 0.29) is 57.8 Å². The second kappa shape index (κ2) is 9.53. The molecule has 0 aliphatic heterocycles. The number of carbonyl (C=O) groups excluding carboxylic acids is 1. The molecule has 32 heavy (non-hydrogen) atoms. The second-order valence-electron chi connectivity index (χ2n) is 6.74. The van der Waals surface area contributed by atoms with Gasteiger partial charge in [-0.05, 0) is 46.6 Å². The number of aryl methyl sites for hydroxylation is 1. The van der Waals surface area contributed by atoms with Gasteiger partial charge in [-0.25, -0.2) is 18.4 Å². The van der Waals surface area contributed by atoms with E-state index >= 15 is 0 Å². The molecule has 0 radical (unpaired) electrons. The van der Waals surface area contributed by atoms with E-state index < -0.39 is 11.8 Å². The summed E-state index contributed by atoms with van der Waals surface area (Å²) < 4.78 is 33.0. The zero-order valence-corrected chi connectivity index (χ0v) is 19.6. The molecular formula is C21H20BrFN4O4S. The maximum atomic E-state index is 13.5.